The van der Waals surface area contributed by atoms with Crippen molar-refractivity contribution in [1.29, 1.82) is 0 Å². The van der Waals surface area contributed by atoms with Gasteiger partial charge in [0.1, 0.15) is 0 Å². The fourth-order valence-electron chi connectivity index (χ4n) is 3.92. The average Bonchev–Trinajstić information content (AvgIpc) is 2.72. The van der Waals surface area contributed by atoms with E-state index in [0.717, 1.165) is 36.9 Å². The molecule has 3 nitrogen and oxygen atoms in total. The highest BCUT2D eigenvalue weighted by Gasteiger charge is 2.35. The highest BCUT2D eigenvalue weighted by molar-refractivity contribution is 9.10. The van der Waals surface area contributed by atoms with E-state index < -0.39 is 0 Å². The third-order valence-electron chi connectivity index (χ3n) is 5.73. The molecule has 1 aliphatic heterocycles. The number of hydrogen-bond acceptors (Lipinski definition) is 2. The molecule has 1 aliphatic rings. The predicted octanol–water partition coefficient (Wildman–Crippen LogP) is 5.20. The lowest BCUT2D eigenvalue weighted by atomic mass is 9.74. The zero-order valence-corrected chi connectivity index (χ0v) is 17.5. The van der Waals surface area contributed by atoms with Gasteiger partial charge >= 0.3 is 0 Å². The van der Waals surface area contributed by atoms with E-state index >= 15 is 0 Å². The van der Waals surface area contributed by atoms with Crippen LogP contribution in [0.3, 0.4) is 0 Å². The van der Waals surface area contributed by atoms with Crippen molar-refractivity contribution < 1.29 is 9.53 Å². The Morgan fingerprint density at radius 1 is 1.11 bits per heavy atom. The van der Waals surface area contributed by atoms with Gasteiger partial charge in [-0.1, -0.05) is 65.3 Å². The van der Waals surface area contributed by atoms with Gasteiger partial charge in [-0.15, -0.1) is 0 Å². The van der Waals surface area contributed by atoms with Crippen LogP contribution in [-0.4, -0.2) is 25.7 Å². The maximum atomic E-state index is 12.7. The van der Waals surface area contributed by atoms with Crippen LogP contribution in [0.2, 0.25) is 0 Å². The second-order valence-electron chi connectivity index (χ2n) is 7.40. The summed E-state index contributed by atoms with van der Waals surface area (Å²) < 4.78 is 6.67. The Bertz CT molecular complexity index is 724. The zero-order valence-electron chi connectivity index (χ0n) is 15.9. The van der Waals surface area contributed by atoms with E-state index in [1.54, 1.807) is 0 Å². The van der Waals surface area contributed by atoms with Crippen molar-refractivity contribution in [1.82, 2.24) is 5.32 Å². The number of hydrogen-bond donors (Lipinski definition) is 1. The molecule has 0 aromatic heterocycles. The number of carbonyl (C=O) groups is 1. The fraction of sp³-hybridized carbons (Fsp3) is 0.435. The molecule has 1 fully saturated rings. The molecule has 4 heteroatoms. The Morgan fingerprint density at radius 2 is 1.78 bits per heavy atom. The molecule has 0 bridgehead atoms. The van der Waals surface area contributed by atoms with Crippen molar-refractivity contribution in [3.63, 3.8) is 0 Å². The molecule has 1 amide bonds. The Kier molecular flexibility index (Phi) is 7.08. The average molecular weight is 430 g/mol. The van der Waals surface area contributed by atoms with Crippen LogP contribution < -0.4 is 5.32 Å². The molecular weight excluding hydrogens is 402 g/mol. The van der Waals surface area contributed by atoms with E-state index in [9.17, 15) is 4.79 Å². The molecule has 1 atom stereocenters. The summed E-state index contributed by atoms with van der Waals surface area (Å²) >= 11 is 3.51. The SMILES string of the molecule is CCC(CC(=O)NCC1(c2ccc(Br)cc2)CCOCC1)c1ccccc1. The summed E-state index contributed by atoms with van der Waals surface area (Å²) in [5, 5.41) is 3.23. The first-order valence-electron chi connectivity index (χ1n) is 9.78. The molecule has 1 saturated heterocycles. The van der Waals surface area contributed by atoms with E-state index in [4.69, 9.17) is 4.74 Å². The number of nitrogens with one attached hydrogen (secondary N) is 1. The zero-order chi connectivity index (χ0) is 19.1. The lowest BCUT2D eigenvalue weighted by Crippen LogP contribution is -2.44. The van der Waals surface area contributed by atoms with Crippen molar-refractivity contribution in [2.75, 3.05) is 19.8 Å². The van der Waals surface area contributed by atoms with Crippen LogP contribution in [0.4, 0.5) is 0 Å². The second kappa shape index (κ2) is 9.52. The molecule has 0 spiro atoms. The molecule has 2 aromatic carbocycles. The number of ether oxygens (including phenoxy) is 1. The van der Waals surface area contributed by atoms with Gasteiger partial charge in [0.15, 0.2) is 0 Å². The molecule has 0 saturated carbocycles. The third kappa shape index (κ3) is 5.20. The molecule has 27 heavy (non-hydrogen) atoms. The normalized spacial score (nSPS) is 17.3. The van der Waals surface area contributed by atoms with E-state index in [2.05, 4.69) is 64.6 Å². The van der Waals surface area contributed by atoms with Gasteiger partial charge in [-0.2, -0.15) is 0 Å². The van der Waals surface area contributed by atoms with Crippen molar-refractivity contribution in [2.45, 2.75) is 43.9 Å². The topological polar surface area (TPSA) is 38.3 Å². The molecule has 3 rings (SSSR count). The van der Waals surface area contributed by atoms with E-state index in [1.165, 1.54) is 11.1 Å². The molecule has 2 aromatic rings. The molecule has 0 aliphatic carbocycles. The van der Waals surface area contributed by atoms with Gasteiger partial charge in [-0.25, -0.2) is 0 Å². The predicted molar refractivity (Wildman–Crippen MR) is 113 cm³/mol. The minimum atomic E-state index is -0.0386. The Balaban J connectivity index is 1.66. The Morgan fingerprint density at radius 3 is 2.41 bits per heavy atom. The summed E-state index contributed by atoms with van der Waals surface area (Å²) in [7, 11) is 0. The first-order chi connectivity index (χ1) is 13.1. The summed E-state index contributed by atoms with van der Waals surface area (Å²) in [6.07, 6.45) is 3.37. The minimum Gasteiger partial charge on any atom is -0.381 e. The maximum Gasteiger partial charge on any atom is 0.220 e. The van der Waals surface area contributed by atoms with Crippen LogP contribution in [-0.2, 0) is 14.9 Å². The Hall–Kier alpha value is -1.65. The quantitative estimate of drug-likeness (QED) is 0.656. The van der Waals surface area contributed by atoms with E-state index in [-0.39, 0.29) is 17.2 Å². The van der Waals surface area contributed by atoms with Crippen LogP contribution in [0.5, 0.6) is 0 Å². The highest BCUT2D eigenvalue weighted by atomic mass is 79.9. The van der Waals surface area contributed by atoms with Gasteiger partial charge < -0.3 is 10.1 Å². The van der Waals surface area contributed by atoms with Gasteiger partial charge in [-0.05, 0) is 48.4 Å². The fourth-order valence-corrected chi connectivity index (χ4v) is 4.18. The molecular formula is C23H28BrNO2. The van der Waals surface area contributed by atoms with Crippen molar-refractivity contribution in [3.8, 4) is 0 Å². The van der Waals surface area contributed by atoms with Crippen LogP contribution in [0.1, 0.15) is 49.7 Å². The van der Waals surface area contributed by atoms with E-state index in [0.29, 0.717) is 13.0 Å². The van der Waals surface area contributed by atoms with Crippen molar-refractivity contribution in [2.24, 2.45) is 0 Å². The van der Waals surface area contributed by atoms with Crippen LogP contribution in [0.15, 0.2) is 59.1 Å². The largest absolute Gasteiger partial charge is 0.381 e. The molecule has 1 heterocycles. The molecule has 1 unspecified atom stereocenters. The van der Waals surface area contributed by atoms with Gasteiger partial charge in [0.25, 0.3) is 0 Å². The van der Waals surface area contributed by atoms with Crippen molar-refractivity contribution >= 4 is 21.8 Å². The summed E-state index contributed by atoms with van der Waals surface area (Å²) in [5.41, 5.74) is 2.48. The number of carbonyl (C=O) groups excluding carboxylic acids is 1. The van der Waals surface area contributed by atoms with Gasteiger partial charge in [-0.3, -0.25) is 4.79 Å². The monoisotopic (exact) mass is 429 g/mol. The first-order valence-corrected chi connectivity index (χ1v) is 10.6. The summed E-state index contributed by atoms with van der Waals surface area (Å²) in [6, 6.07) is 18.8. The number of rotatable bonds is 7. The van der Waals surface area contributed by atoms with Crippen LogP contribution in [0, 0.1) is 0 Å². The van der Waals surface area contributed by atoms with Crippen molar-refractivity contribution in [3.05, 3.63) is 70.2 Å². The standard InChI is InChI=1S/C23H28BrNO2/c1-2-18(19-6-4-3-5-7-19)16-22(26)25-17-23(12-14-27-15-13-23)20-8-10-21(24)11-9-20/h3-11,18H,2,12-17H2,1H3,(H,25,26). The summed E-state index contributed by atoms with van der Waals surface area (Å²) in [5.74, 6) is 0.401. The smallest absolute Gasteiger partial charge is 0.220 e. The number of amides is 1. The Labute approximate surface area is 170 Å². The number of halogens is 1. The van der Waals surface area contributed by atoms with Gasteiger partial charge in [0.05, 0.1) is 0 Å². The minimum absolute atomic E-state index is 0.0386. The van der Waals surface area contributed by atoms with Crippen LogP contribution in [0.25, 0.3) is 0 Å². The molecule has 1 N–H and O–H groups in total. The van der Waals surface area contributed by atoms with Gasteiger partial charge in [0.2, 0.25) is 5.91 Å². The highest BCUT2D eigenvalue weighted by Crippen LogP contribution is 2.35. The lowest BCUT2D eigenvalue weighted by molar-refractivity contribution is -0.122. The van der Waals surface area contributed by atoms with Crippen LogP contribution >= 0.6 is 15.9 Å². The third-order valence-corrected chi connectivity index (χ3v) is 6.25. The molecule has 0 radical (unpaired) electrons. The maximum absolute atomic E-state index is 12.7. The van der Waals surface area contributed by atoms with Gasteiger partial charge in [0, 0.05) is 36.1 Å². The first kappa shape index (κ1) is 20.1. The molecule has 144 valence electrons. The summed E-state index contributed by atoms with van der Waals surface area (Å²) in [4.78, 5) is 12.7. The van der Waals surface area contributed by atoms with E-state index in [1.807, 2.05) is 18.2 Å². The second-order valence-corrected chi connectivity index (χ2v) is 8.31. The number of benzene rings is 2. The lowest BCUT2D eigenvalue weighted by Gasteiger charge is -2.38. The summed E-state index contributed by atoms with van der Waals surface area (Å²) in [6.45, 7) is 4.30.